The molecule has 0 unspecified atom stereocenters. The lowest BCUT2D eigenvalue weighted by Gasteiger charge is -2.37. The van der Waals surface area contributed by atoms with Gasteiger partial charge in [-0.15, -0.1) is 0 Å². The first-order valence-electron chi connectivity index (χ1n) is 3.93. The molecule has 0 aliphatic rings. The minimum Gasteiger partial charge on any atom is -0.388 e. The van der Waals surface area contributed by atoms with Gasteiger partial charge in [-0.05, 0) is 27.7 Å². The summed E-state index contributed by atoms with van der Waals surface area (Å²) in [6, 6.07) is -0.290. The Morgan fingerprint density at radius 2 is 1.67 bits per heavy atom. The summed E-state index contributed by atoms with van der Waals surface area (Å²) in [4.78, 5) is 10.9. The van der Waals surface area contributed by atoms with Crippen LogP contribution in [0, 0.1) is 0 Å². The number of hydrogen-bond acceptors (Lipinski definition) is 2. The molecule has 0 aliphatic heterocycles. The summed E-state index contributed by atoms with van der Waals surface area (Å²) >= 11 is 0. The van der Waals surface area contributed by atoms with E-state index in [4.69, 9.17) is 0 Å². The van der Waals surface area contributed by atoms with Crippen LogP contribution in [-0.4, -0.2) is 29.3 Å². The molecule has 0 bridgehead atoms. The molecule has 0 aromatic carbocycles. The molecule has 3 N–H and O–H groups in total. The zero-order valence-electron chi connectivity index (χ0n) is 8.36. The van der Waals surface area contributed by atoms with Gasteiger partial charge in [0.25, 0.3) is 0 Å². The van der Waals surface area contributed by atoms with Crippen LogP contribution in [0.25, 0.3) is 0 Å². The van der Waals surface area contributed by atoms with E-state index in [0.717, 1.165) is 0 Å². The fraction of sp³-hybridized carbons (Fsp3) is 0.875. The normalized spacial score (nSPS) is 12.5. The van der Waals surface area contributed by atoms with Gasteiger partial charge in [-0.1, -0.05) is 0 Å². The van der Waals surface area contributed by atoms with Crippen molar-refractivity contribution >= 4 is 6.03 Å². The Morgan fingerprint density at radius 1 is 1.25 bits per heavy atom. The van der Waals surface area contributed by atoms with Crippen LogP contribution in [0.15, 0.2) is 0 Å². The van der Waals surface area contributed by atoms with E-state index in [9.17, 15) is 9.90 Å². The van der Waals surface area contributed by atoms with Gasteiger partial charge in [0.1, 0.15) is 0 Å². The molecular weight excluding hydrogens is 156 g/mol. The van der Waals surface area contributed by atoms with Gasteiger partial charge in [0.15, 0.2) is 0 Å². The average molecular weight is 174 g/mol. The van der Waals surface area contributed by atoms with Crippen LogP contribution in [-0.2, 0) is 0 Å². The van der Waals surface area contributed by atoms with E-state index in [0.29, 0.717) is 0 Å². The zero-order chi connectivity index (χ0) is 9.99. The van der Waals surface area contributed by atoms with Gasteiger partial charge in [-0.2, -0.15) is 0 Å². The Bertz CT molecular complexity index is 170. The summed E-state index contributed by atoms with van der Waals surface area (Å²) in [5, 5.41) is 14.7. The Balaban J connectivity index is 4.33. The molecule has 4 heteroatoms. The fourth-order valence-electron chi connectivity index (χ4n) is 0.499. The maximum absolute atomic E-state index is 10.9. The van der Waals surface area contributed by atoms with Crippen LogP contribution in [0.5, 0.6) is 0 Å². The molecule has 12 heavy (non-hydrogen) atoms. The third kappa shape index (κ3) is 2.70. The van der Waals surface area contributed by atoms with Crippen molar-refractivity contribution in [3.8, 4) is 0 Å². The minimum atomic E-state index is -0.945. The van der Waals surface area contributed by atoms with Crippen LogP contribution in [0.1, 0.15) is 27.7 Å². The number of aliphatic hydroxyl groups is 1. The molecule has 0 saturated carbocycles. The molecule has 0 spiro atoms. The number of carbonyl (C=O) groups excluding carboxylic acids is 1. The van der Waals surface area contributed by atoms with Crippen molar-refractivity contribution in [3.05, 3.63) is 0 Å². The van der Waals surface area contributed by atoms with Crippen molar-refractivity contribution in [1.29, 1.82) is 0 Å². The van der Waals surface area contributed by atoms with Gasteiger partial charge in [0.05, 0.1) is 11.1 Å². The summed E-state index contributed by atoms with van der Waals surface area (Å²) in [7, 11) is 1.54. The molecule has 2 amide bonds. The van der Waals surface area contributed by atoms with Crippen LogP contribution < -0.4 is 10.6 Å². The van der Waals surface area contributed by atoms with Gasteiger partial charge < -0.3 is 15.7 Å². The first-order chi connectivity index (χ1) is 5.20. The van der Waals surface area contributed by atoms with Crippen molar-refractivity contribution < 1.29 is 9.90 Å². The Hall–Kier alpha value is -0.770. The number of urea groups is 1. The topological polar surface area (TPSA) is 61.4 Å². The van der Waals surface area contributed by atoms with Crippen molar-refractivity contribution in [2.45, 2.75) is 38.8 Å². The molecule has 0 fully saturated rings. The van der Waals surface area contributed by atoms with Gasteiger partial charge >= 0.3 is 6.03 Å². The number of nitrogens with one attached hydrogen (secondary N) is 2. The van der Waals surface area contributed by atoms with E-state index in [1.165, 1.54) is 7.05 Å². The quantitative estimate of drug-likeness (QED) is 0.569. The molecule has 0 radical (unpaired) electrons. The van der Waals surface area contributed by atoms with E-state index in [1.54, 1.807) is 27.7 Å². The predicted molar refractivity (Wildman–Crippen MR) is 48.0 cm³/mol. The van der Waals surface area contributed by atoms with Crippen molar-refractivity contribution in [2.24, 2.45) is 0 Å². The van der Waals surface area contributed by atoms with E-state index >= 15 is 0 Å². The van der Waals surface area contributed by atoms with Crippen LogP contribution >= 0.6 is 0 Å². The predicted octanol–water partition coefficient (Wildman–Crippen LogP) is 0.465. The SMILES string of the molecule is CNC(=O)NC(C)(C)C(C)(C)O. The second-order valence-corrected chi connectivity index (χ2v) is 3.89. The van der Waals surface area contributed by atoms with Crippen LogP contribution in [0.4, 0.5) is 4.79 Å². The van der Waals surface area contributed by atoms with E-state index in [1.807, 2.05) is 0 Å². The Kier molecular flexibility index (Phi) is 3.10. The number of amides is 2. The first kappa shape index (κ1) is 11.2. The van der Waals surface area contributed by atoms with Crippen molar-refractivity contribution in [1.82, 2.24) is 10.6 Å². The van der Waals surface area contributed by atoms with Gasteiger partial charge in [-0.25, -0.2) is 4.79 Å². The Morgan fingerprint density at radius 3 is 1.92 bits per heavy atom. The van der Waals surface area contributed by atoms with Crippen LogP contribution in [0.2, 0.25) is 0 Å². The summed E-state index contributed by atoms with van der Waals surface area (Å²) in [6.07, 6.45) is 0. The summed E-state index contributed by atoms with van der Waals surface area (Å²) in [6.45, 7) is 6.84. The summed E-state index contributed by atoms with van der Waals surface area (Å²) in [5.41, 5.74) is -1.59. The summed E-state index contributed by atoms with van der Waals surface area (Å²) in [5.74, 6) is 0. The van der Waals surface area contributed by atoms with Gasteiger partial charge in [0.2, 0.25) is 0 Å². The van der Waals surface area contributed by atoms with E-state index in [-0.39, 0.29) is 6.03 Å². The number of rotatable bonds is 2. The molecule has 0 saturated heterocycles. The molecule has 72 valence electrons. The highest BCUT2D eigenvalue weighted by molar-refractivity contribution is 5.74. The second-order valence-electron chi connectivity index (χ2n) is 3.89. The molecule has 0 aromatic rings. The minimum absolute atomic E-state index is 0.290. The van der Waals surface area contributed by atoms with Crippen molar-refractivity contribution in [2.75, 3.05) is 7.05 Å². The van der Waals surface area contributed by atoms with Gasteiger partial charge in [-0.3, -0.25) is 0 Å². The molecule has 0 aromatic heterocycles. The highest BCUT2D eigenvalue weighted by Crippen LogP contribution is 2.19. The lowest BCUT2D eigenvalue weighted by Crippen LogP contribution is -2.59. The van der Waals surface area contributed by atoms with E-state index in [2.05, 4.69) is 10.6 Å². The molecular formula is C8H18N2O2. The second kappa shape index (κ2) is 3.31. The highest BCUT2D eigenvalue weighted by Gasteiger charge is 2.35. The first-order valence-corrected chi connectivity index (χ1v) is 3.93. The monoisotopic (exact) mass is 174 g/mol. The lowest BCUT2D eigenvalue weighted by atomic mass is 9.86. The molecule has 0 atom stereocenters. The summed E-state index contributed by atoms with van der Waals surface area (Å²) < 4.78 is 0. The fourth-order valence-corrected chi connectivity index (χ4v) is 0.499. The van der Waals surface area contributed by atoms with Crippen molar-refractivity contribution in [3.63, 3.8) is 0 Å². The molecule has 4 nitrogen and oxygen atoms in total. The third-order valence-electron chi connectivity index (χ3n) is 2.18. The number of carbonyl (C=O) groups is 1. The zero-order valence-corrected chi connectivity index (χ0v) is 8.36. The highest BCUT2D eigenvalue weighted by atomic mass is 16.3. The molecule has 0 aliphatic carbocycles. The lowest BCUT2D eigenvalue weighted by molar-refractivity contribution is 0.00114. The van der Waals surface area contributed by atoms with Gasteiger partial charge in [0, 0.05) is 7.05 Å². The maximum Gasteiger partial charge on any atom is 0.315 e. The average Bonchev–Trinajstić information content (AvgIpc) is 1.84. The molecule has 0 heterocycles. The smallest absolute Gasteiger partial charge is 0.315 e. The molecule has 0 rings (SSSR count). The standard InChI is InChI=1S/C8H18N2O2/c1-7(2,8(3,4)12)10-6(11)9-5/h12H,1-5H3,(H2,9,10,11). The maximum atomic E-state index is 10.9. The third-order valence-corrected chi connectivity index (χ3v) is 2.18. The number of hydrogen-bond donors (Lipinski definition) is 3. The Labute approximate surface area is 73.3 Å². The largest absolute Gasteiger partial charge is 0.388 e. The van der Waals surface area contributed by atoms with E-state index < -0.39 is 11.1 Å². The van der Waals surface area contributed by atoms with Crippen LogP contribution in [0.3, 0.4) is 0 Å².